The lowest BCUT2D eigenvalue weighted by Crippen LogP contribution is -3.13. The number of halogens is 1. The Morgan fingerprint density at radius 2 is 2.00 bits per heavy atom. The summed E-state index contributed by atoms with van der Waals surface area (Å²) in [5, 5.41) is 13.5. The summed E-state index contributed by atoms with van der Waals surface area (Å²) in [5.41, 5.74) is 1.76. The van der Waals surface area contributed by atoms with Gasteiger partial charge in [-0.05, 0) is 37.4 Å². The predicted molar refractivity (Wildman–Crippen MR) is 115 cm³/mol. The second-order valence-electron chi connectivity index (χ2n) is 7.92. The number of furan rings is 1. The first-order valence-corrected chi connectivity index (χ1v) is 10.8. The van der Waals surface area contributed by atoms with Crippen LogP contribution in [-0.4, -0.2) is 43.9 Å². The molecule has 1 fully saturated rings. The van der Waals surface area contributed by atoms with Crippen LogP contribution >= 0.6 is 15.9 Å². The molecule has 154 valence electrons. The van der Waals surface area contributed by atoms with Crippen molar-refractivity contribution in [2.75, 3.05) is 33.2 Å². The van der Waals surface area contributed by atoms with Gasteiger partial charge in [0.05, 0.1) is 18.7 Å². The van der Waals surface area contributed by atoms with E-state index in [2.05, 4.69) is 27.9 Å². The topological polar surface area (TPSA) is 70.2 Å². The van der Waals surface area contributed by atoms with E-state index in [-0.39, 0.29) is 17.3 Å². The average molecular weight is 469 g/mol. The van der Waals surface area contributed by atoms with Gasteiger partial charge in [-0.1, -0.05) is 27.7 Å². The van der Waals surface area contributed by atoms with E-state index in [4.69, 9.17) is 9.15 Å². The molecular formula is C23H21BrN2O4. The van der Waals surface area contributed by atoms with Crippen LogP contribution < -0.4 is 14.7 Å². The molecule has 0 atom stereocenters. The molecule has 1 saturated heterocycles. The zero-order valence-electron chi connectivity index (χ0n) is 16.5. The predicted octanol–water partition coefficient (Wildman–Crippen LogP) is 2.22. The van der Waals surface area contributed by atoms with Gasteiger partial charge in [-0.15, -0.1) is 0 Å². The number of hydrogen-bond donors (Lipinski definition) is 1. The minimum atomic E-state index is -0.221. The highest BCUT2D eigenvalue weighted by Gasteiger charge is 2.31. The summed E-state index contributed by atoms with van der Waals surface area (Å²) < 4.78 is 12.7. The number of Topliss-reactive ketones (excluding diaryl/α,β-unsaturated/α-hetero) is 1. The van der Waals surface area contributed by atoms with Crippen molar-refractivity contribution in [1.29, 1.82) is 0 Å². The molecule has 0 saturated carbocycles. The van der Waals surface area contributed by atoms with Gasteiger partial charge in [-0.3, -0.25) is 9.69 Å². The van der Waals surface area contributed by atoms with E-state index in [1.54, 1.807) is 12.1 Å². The van der Waals surface area contributed by atoms with E-state index >= 15 is 0 Å². The molecule has 0 bridgehead atoms. The maximum atomic E-state index is 12.9. The summed E-state index contributed by atoms with van der Waals surface area (Å²) in [6.45, 7) is 4.47. The zero-order chi connectivity index (χ0) is 20.8. The van der Waals surface area contributed by atoms with Gasteiger partial charge in [0, 0.05) is 34.6 Å². The largest absolute Gasteiger partial charge is 0.872 e. The average Bonchev–Trinajstić information content (AvgIpc) is 3.26. The highest BCUT2D eigenvalue weighted by Crippen LogP contribution is 2.38. The molecule has 0 unspecified atom stereocenters. The Kier molecular flexibility index (Phi) is 4.89. The first-order valence-electron chi connectivity index (χ1n) is 9.96. The first-order chi connectivity index (χ1) is 14.5. The Morgan fingerprint density at radius 1 is 1.20 bits per heavy atom. The number of carbonyl (C=O) groups is 1. The molecule has 1 N–H and O–H groups in total. The van der Waals surface area contributed by atoms with Crippen LogP contribution in [-0.2, 0) is 6.54 Å². The molecule has 3 aromatic rings. The highest BCUT2D eigenvalue weighted by molar-refractivity contribution is 9.10. The molecule has 0 aliphatic carbocycles. The third-order valence-corrected chi connectivity index (χ3v) is 6.28. The molecule has 0 radical (unpaired) electrons. The number of ketones is 1. The molecule has 7 heteroatoms. The highest BCUT2D eigenvalue weighted by atomic mass is 79.9. The summed E-state index contributed by atoms with van der Waals surface area (Å²) in [5.74, 6) is 0.823. The molecule has 0 spiro atoms. The van der Waals surface area contributed by atoms with E-state index in [9.17, 15) is 9.90 Å². The van der Waals surface area contributed by atoms with E-state index in [0.29, 0.717) is 29.2 Å². The van der Waals surface area contributed by atoms with Gasteiger partial charge in [0.2, 0.25) is 5.78 Å². The van der Waals surface area contributed by atoms with Crippen molar-refractivity contribution in [3.8, 4) is 11.5 Å². The normalized spacial score (nSPS) is 18.9. The molecule has 2 aliphatic heterocycles. The van der Waals surface area contributed by atoms with E-state index in [1.165, 1.54) is 11.0 Å². The summed E-state index contributed by atoms with van der Waals surface area (Å²) in [7, 11) is 2.10. The van der Waals surface area contributed by atoms with Crippen LogP contribution in [0.1, 0.15) is 21.7 Å². The Labute approximate surface area is 182 Å². The lowest BCUT2D eigenvalue weighted by Gasteiger charge is -2.30. The summed E-state index contributed by atoms with van der Waals surface area (Å²) in [6.07, 6.45) is 1.60. The van der Waals surface area contributed by atoms with Gasteiger partial charge in [0.25, 0.3) is 0 Å². The monoisotopic (exact) mass is 468 g/mol. The second-order valence-corrected chi connectivity index (χ2v) is 8.84. The quantitative estimate of drug-likeness (QED) is 0.596. The maximum absolute atomic E-state index is 12.9. The number of fused-ring (bicyclic) bond motifs is 2. The van der Waals surface area contributed by atoms with Crippen molar-refractivity contribution in [3.05, 3.63) is 63.5 Å². The van der Waals surface area contributed by atoms with Crippen molar-refractivity contribution in [1.82, 2.24) is 4.90 Å². The van der Waals surface area contributed by atoms with Crippen molar-refractivity contribution >= 4 is 38.8 Å². The number of allylic oxidation sites excluding steroid dienone is 1. The number of nitrogens with one attached hydrogen (secondary N) is 1. The molecule has 3 heterocycles. The number of ether oxygens (including phenoxy) is 1. The van der Waals surface area contributed by atoms with Crippen LogP contribution in [0, 0.1) is 0 Å². The van der Waals surface area contributed by atoms with Crippen LogP contribution in [0.3, 0.4) is 0 Å². The van der Waals surface area contributed by atoms with E-state index in [1.807, 2.05) is 24.3 Å². The molecular weight excluding hydrogens is 448 g/mol. The number of hydrogen-bond acceptors (Lipinski definition) is 5. The van der Waals surface area contributed by atoms with Crippen molar-refractivity contribution in [3.63, 3.8) is 0 Å². The standard InChI is InChI=1S/C23H21BrN2O4/c1-25-6-8-26(9-7-25)13-18-19(27)4-3-17-22(28)21(30-23(17)18)12-16-11-14-10-15(24)2-5-20(14)29-16/h2-5,10-12,27H,6-9,13H2,1H3/b21-12-. The number of rotatable bonds is 3. The Morgan fingerprint density at radius 3 is 2.80 bits per heavy atom. The number of quaternary nitrogens is 1. The second kappa shape index (κ2) is 7.58. The van der Waals surface area contributed by atoms with Gasteiger partial charge in [0.15, 0.2) is 5.76 Å². The molecule has 2 aliphatic rings. The van der Waals surface area contributed by atoms with Crippen LogP contribution in [0.2, 0.25) is 0 Å². The van der Waals surface area contributed by atoms with Crippen molar-refractivity contribution in [2.45, 2.75) is 6.54 Å². The number of piperazine rings is 1. The zero-order valence-corrected chi connectivity index (χ0v) is 18.1. The van der Waals surface area contributed by atoms with Crippen LogP contribution in [0.15, 0.2) is 51.0 Å². The fraction of sp³-hybridized carbons (Fsp3) is 0.261. The van der Waals surface area contributed by atoms with Crippen molar-refractivity contribution < 1.29 is 24.0 Å². The van der Waals surface area contributed by atoms with Gasteiger partial charge >= 0.3 is 0 Å². The summed E-state index contributed by atoms with van der Waals surface area (Å²) in [6, 6.07) is 10.6. The number of nitrogens with zero attached hydrogens (tertiary/aromatic N) is 1. The van der Waals surface area contributed by atoms with Crippen LogP contribution in [0.4, 0.5) is 0 Å². The van der Waals surface area contributed by atoms with Gasteiger partial charge < -0.3 is 19.2 Å². The smallest absolute Gasteiger partial charge is 0.232 e. The fourth-order valence-electron chi connectivity index (χ4n) is 4.05. The number of likely N-dealkylation sites (N-methyl/N-ethyl adjacent to an activating group) is 1. The summed E-state index contributed by atoms with van der Waals surface area (Å²) in [4.78, 5) is 16.5. The van der Waals surface area contributed by atoms with Crippen LogP contribution in [0.25, 0.3) is 17.0 Å². The molecule has 0 amide bonds. The molecule has 5 rings (SSSR count). The number of carbonyl (C=O) groups excluding carboxylic acids is 1. The van der Waals surface area contributed by atoms with E-state index < -0.39 is 0 Å². The van der Waals surface area contributed by atoms with Gasteiger partial charge in [-0.2, -0.15) is 0 Å². The lowest BCUT2D eigenvalue weighted by molar-refractivity contribution is -0.918. The Hall–Kier alpha value is -2.61. The van der Waals surface area contributed by atoms with Crippen molar-refractivity contribution in [2.24, 2.45) is 0 Å². The third kappa shape index (κ3) is 3.53. The molecule has 2 aromatic carbocycles. The minimum Gasteiger partial charge on any atom is -0.872 e. The van der Waals surface area contributed by atoms with Crippen LogP contribution in [0.5, 0.6) is 11.5 Å². The Balaban J connectivity index is 1.45. The van der Waals surface area contributed by atoms with Gasteiger partial charge in [0.1, 0.15) is 23.6 Å². The third-order valence-electron chi connectivity index (χ3n) is 5.79. The maximum Gasteiger partial charge on any atom is 0.232 e. The number of benzene rings is 2. The van der Waals surface area contributed by atoms with E-state index in [0.717, 1.165) is 41.6 Å². The minimum absolute atomic E-state index is 0.0807. The molecule has 30 heavy (non-hydrogen) atoms. The van der Waals surface area contributed by atoms with Gasteiger partial charge in [-0.25, -0.2) is 0 Å². The fourth-order valence-corrected chi connectivity index (χ4v) is 4.43. The SMILES string of the molecule is CN1CC[NH+](Cc2c([O-])ccc3c2O/C(=C\c2cc4cc(Br)ccc4o2)C3=O)CC1. The summed E-state index contributed by atoms with van der Waals surface area (Å²) >= 11 is 3.45. The molecule has 1 aromatic heterocycles. The lowest BCUT2D eigenvalue weighted by atomic mass is 10.0. The first kappa shape index (κ1) is 19.4. The molecule has 6 nitrogen and oxygen atoms in total. The Bertz CT molecular complexity index is 1180.